The molecule has 0 aromatic heterocycles. The molecule has 85 valence electrons. The van der Waals surface area contributed by atoms with Gasteiger partial charge in [-0.1, -0.05) is 24.3 Å². The summed E-state index contributed by atoms with van der Waals surface area (Å²) in [5.41, 5.74) is 0.312. The van der Waals surface area contributed by atoms with Crippen LogP contribution in [0.3, 0.4) is 0 Å². The van der Waals surface area contributed by atoms with E-state index in [-0.39, 0.29) is 5.56 Å². The molecular weight excluding hydrogens is 222 g/mol. The lowest BCUT2D eigenvalue weighted by Gasteiger charge is -2.04. The standard InChI is InChI=1S/C14H9F2O/c1-9-4-2-5-10(8-9)14(17)13-11(15)6-3-7-12(13)16/h2-8H,1H2. The van der Waals surface area contributed by atoms with Crippen LogP contribution in [-0.4, -0.2) is 5.78 Å². The highest BCUT2D eigenvalue weighted by atomic mass is 19.1. The van der Waals surface area contributed by atoms with Gasteiger partial charge in [-0.3, -0.25) is 4.79 Å². The van der Waals surface area contributed by atoms with Crippen LogP contribution < -0.4 is 0 Å². The molecule has 0 unspecified atom stereocenters. The van der Waals surface area contributed by atoms with Crippen molar-refractivity contribution >= 4 is 5.78 Å². The Morgan fingerprint density at radius 3 is 2.18 bits per heavy atom. The van der Waals surface area contributed by atoms with Gasteiger partial charge in [-0.2, -0.15) is 0 Å². The number of hydrogen-bond acceptors (Lipinski definition) is 1. The molecule has 0 fully saturated rings. The van der Waals surface area contributed by atoms with Crippen molar-refractivity contribution in [3.05, 3.63) is 77.7 Å². The van der Waals surface area contributed by atoms with Crippen molar-refractivity contribution in [2.75, 3.05) is 0 Å². The first-order chi connectivity index (χ1) is 8.09. The second kappa shape index (κ2) is 4.45. The highest BCUT2D eigenvalue weighted by Gasteiger charge is 2.18. The monoisotopic (exact) mass is 231 g/mol. The Labute approximate surface area is 97.7 Å². The Bertz CT molecular complexity index is 556. The average molecular weight is 231 g/mol. The minimum absolute atomic E-state index is 0.224. The Morgan fingerprint density at radius 2 is 1.59 bits per heavy atom. The first-order valence-electron chi connectivity index (χ1n) is 5.00. The van der Waals surface area contributed by atoms with E-state index in [1.54, 1.807) is 12.1 Å². The van der Waals surface area contributed by atoms with Gasteiger partial charge in [0.2, 0.25) is 0 Å². The molecule has 2 rings (SSSR count). The van der Waals surface area contributed by atoms with E-state index < -0.39 is 23.0 Å². The lowest BCUT2D eigenvalue weighted by Crippen LogP contribution is -2.07. The maximum absolute atomic E-state index is 13.4. The SMILES string of the molecule is [CH2]c1cccc(C(=O)c2c(F)cccc2F)c1. The first kappa shape index (κ1) is 11.5. The van der Waals surface area contributed by atoms with Crippen molar-refractivity contribution in [2.45, 2.75) is 0 Å². The third-order valence-electron chi connectivity index (χ3n) is 2.38. The summed E-state index contributed by atoms with van der Waals surface area (Å²) in [5.74, 6) is -2.39. The zero-order chi connectivity index (χ0) is 12.4. The van der Waals surface area contributed by atoms with Crippen LogP contribution in [0, 0.1) is 18.6 Å². The van der Waals surface area contributed by atoms with Crippen LogP contribution in [0.5, 0.6) is 0 Å². The van der Waals surface area contributed by atoms with Crippen LogP contribution in [-0.2, 0) is 0 Å². The van der Waals surface area contributed by atoms with Crippen LogP contribution in [0.4, 0.5) is 8.78 Å². The van der Waals surface area contributed by atoms with E-state index >= 15 is 0 Å². The summed E-state index contributed by atoms with van der Waals surface area (Å²) in [6.45, 7) is 3.66. The lowest BCUT2D eigenvalue weighted by molar-refractivity contribution is 0.103. The van der Waals surface area contributed by atoms with Gasteiger partial charge in [0.15, 0.2) is 5.78 Å². The molecule has 0 aliphatic heterocycles. The molecule has 17 heavy (non-hydrogen) atoms. The zero-order valence-electron chi connectivity index (χ0n) is 8.91. The molecule has 0 saturated heterocycles. The van der Waals surface area contributed by atoms with Crippen LogP contribution in [0.15, 0.2) is 42.5 Å². The van der Waals surface area contributed by atoms with E-state index in [1.807, 2.05) is 0 Å². The highest BCUT2D eigenvalue weighted by molar-refractivity contribution is 6.09. The van der Waals surface area contributed by atoms with Gasteiger partial charge in [0.05, 0.1) is 5.56 Å². The molecule has 0 aliphatic rings. The first-order valence-corrected chi connectivity index (χ1v) is 5.00. The van der Waals surface area contributed by atoms with Gasteiger partial charge in [-0.15, -0.1) is 0 Å². The molecule has 3 heteroatoms. The van der Waals surface area contributed by atoms with Gasteiger partial charge in [0.25, 0.3) is 0 Å². The quantitative estimate of drug-likeness (QED) is 0.724. The molecule has 0 amide bonds. The molecule has 0 aliphatic carbocycles. The van der Waals surface area contributed by atoms with Crippen LogP contribution >= 0.6 is 0 Å². The Balaban J connectivity index is 2.51. The van der Waals surface area contributed by atoms with Crippen molar-refractivity contribution in [3.8, 4) is 0 Å². The van der Waals surface area contributed by atoms with E-state index in [0.29, 0.717) is 5.56 Å². The summed E-state index contributed by atoms with van der Waals surface area (Å²) in [6.07, 6.45) is 0. The molecule has 0 atom stereocenters. The zero-order valence-corrected chi connectivity index (χ0v) is 8.91. The Kier molecular flexibility index (Phi) is 3.00. The predicted octanol–water partition coefficient (Wildman–Crippen LogP) is 3.38. The fourth-order valence-electron chi connectivity index (χ4n) is 1.57. The van der Waals surface area contributed by atoms with E-state index in [2.05, 4.69) is 6.92 Å². The molecule has 2 aromatic carbocycles. The summed E-state index contributed by atoms with van der Waals surface area (Å²) in [7, 11) is 0. The minimum Gasteiger partial charge on any atom is -0.288 e. The molecular formula is C14H9F2O. The van der Waals surface area contributed by atoms with Crippen molar-refractivity contribution in [1.82, 2.24) is 0 Å². The number of rotatable bonds is 2. The van der Waals surface area contributed by atoms with Gasteiger partial charge >= 0.3 is 0 Å². The highest BCUT2D eigenvalue weighted by Crippen LogP contribution is 2.17. The summed E-state index contributed by atoms with van der Waals surface area (Å²) in [5, 5.41) is 0. The van der Waals surface area contributed by atoms with Crippen LogP contribution in [0.25, 0.3) is 0 Å². The number of carbonyl (C=O) groups excluding carboxylic acids is 1. The van der Waals surface area contributed by atoms with Crippen LogP contribution in [0.2, 0.25) is 0 Å². The third-order valence-corrected chi connectivity index (χ3v) is 2.38. The maximum Gasteiger partial charge on any atom is 0.198 e. The maximum atomic E-state index is 13.4. The lowest BCUT2D eigenvalue weighted by atomic mass is 10.0. The molecule has 1 radical (unpaired) electrons. The fourth-order valence-corrected chi connectivity index (χ4v) is 1.57. The topological polar surface area (TPSA) is 17.1 Å². The predicted molar refractivity (Wildman–Crippen MR) is 60.7 cm³/mol. The number of halogens is 2. The summed E-state index contributed by atoms with van der Waals surface area (Å²) < 4.78 is 26.8. The number of carbonyl (C=O) groups is 1. The number of benzene rings is 2. The summed E-state index contributed by atoms with van der Waals surface area (Å²) in [4.78, 5) is 11.9. The van der Waals surface area contributed by atoms with E-state index in [1.165, 1.54) is 18.2 Å². The molecule has 0 spiro atoms. The van der Waals surface area contributed by atoms with Gasteiger partial charge in [-0.05, 0) is 30.7 Å². The van der Waals surface area contributed by atoms with Gasteiger partial charge in [-0.25, -0.2) is 8.78 Å². The van der Waals surface area contributed by atoms with E-state index in [0.717, 1.165) is 12.1 Å². The molecule has 0 heterocycles. The van der Waals surface area contributed by atoms with Gasteiger partial charge in [0.1, 0.15) is 11.6 Å². The third kappa shape index (κ3) is 2.23. The van der Waals surface area contributed by atoms with Crippen molar-refractivity contribution in [1.29, 1.82) is 0 Å². The Hall–Kier alpha value is -2.03. The fraction of sp³-hybridized carbons (Fsp3) is 0. The smallest absolute Gasteiger partial charge is 0.198 e. The van der Waals surface area contributed by atoms with Crippen molar-refractivity contribution in [3.63, 3.8) is 0 Å². The van der Waals surface area contributed by atoms with Crippen molar-refractivity contribution < 1.29 is 13.6 Å². The molecule has 0 bridgehead atoms. The van der Waals surface area contributed by atoms with Crippen molar-refractivity contribution in [2.24, 2.45) is 0 Å². The largest absolute Gasteiger partial charge is 0.288 e. The number of hydrogen-bond donors (Lipinski definition) is 0. The second-order valence-corrected chi connectivity index (χ2v) is 3.63. The second-order valence-electron chi connectivity index (χ2n) is 3.63. The Morgan fingerprint density at radius 1 is 1.00 bits per heavy atom. The summed E-state index contributed by atoms with van der Waals surface area (Å²) >= 11 is 0. The number of ketones is 1. The normalized spacial score (nSPS) is 10.3. The van der Waals surface area contributed by atoms with Gasteiger partial charge in [0, 0.05) is 5.56 Å². The van der Waals surface area contributed by atoms with E-state index in [9.17, 15) is 13.6 Å². The van der Waals surface area contributed by atoms with E-state index in [4.69, 9.17) is 0 Å². The van der Waals surface area contributed by atoms with Gasteiger partial charge < -0.3 is 0 Å². The molecule has 0 N–H and O–H groups in total. The average Bonchev–Trinajstić information content (AvgIpc) is 2.28. The minimum atomic E-state index is -0.857. The molecule has 2 aromatic rings. The van der Waals surface area contributed by atoms with Crippen LogP contribution in [0.1, 0.15) is 21.5 Å². The summed E-state index contributed by atoms with van der Waals surface area (Å²) in [6, 6.07) is 9.66. The molecule has 0 saturated carbocycles. The molecule has 1 nitrogen and oxygen atoms in total.